The number of pyridine rings is 1. The van der Waals surface area contributed by atoms with Gasteiger partial charge in [0.25, 0.3) is 5.91 Å². The van der Waals surface area contributed by atoms with Crippen molar-refractivity contribution in [2.75, 3.05) is 0 Å². The van der Waals surface area contributed by atoms with E-state index in [-0.39, 0.29) is 17.7 Å². The zero-order chi connectivity index (χ0) is 16.1. The maximum absolute atomic E-state index is 11.0. The third kappa shape index (κ3) is 4.32. The second-order valence-corrected chi connectivity index (χ2v) is 5.16. The van der Waals surface area contributed by atoms with Gasteiger partial charge in [0.2, 0.25) is 5.88 Å². The van der Waals surface area contributed by atoms with Crippen LogP contribution in [-0.2, 0) is 11.3 Å². The van der Waals surface area contributed by atoms with E-state index in [4.69, 9.17) is 21.9 Å². The van der Waals surface area contributed by atoms with Gasteiger partial charge in [-0.2, -0.15) is 5.10 Å². The topological polar surface area (TPSA) is 106 Å². The highest BCUT2D eigenvalue weighted by atomic mass is 35.5. The van der Waals surface area contributed by atoms with Crippen LogP contribution >= 0.6 is 11.6 Å². The second kappa shape index (κ2) is 7.08. The summed E-state index contributed by atoms with van der Waals surface area (Å²) in [5.41, 5.74) is 7.28. The predicted molar refractivity (Wildman–Crippen MR) is 78.8 cm³/mol. The predicted octanol–water partition coefficient (Wildman–Crippen LogP) is 2.73. The fraction of sp³-hybridized carbons (Fsp3) is 0.385. The molecular weight excluding hydrogens is 308 g/mol. The molecule has 0 aromatic carbocycles. The normalized spacial score (nSPS) is 10.7. The van der Waals surface area contributed by atoms with E-state index in [1.165, 1.54) is 11.0 Å². The number of rotatable bonds is 6. The van der Waals surface area contributed by atoms with Gasteiger partial charge in [0.15, 0.2) is 5.82 Å². The first-order valence-electron chi connectivity index (χ1n) is 6.62. The van der Waals surface area contributed by atoms with Gasteiger partial charge < -0.3 is 4.74 Å². The average Bonchev–Trinajstić information content (AvgIpc) is 2.92. The summed E-state index contributed by atoms with van der Waals surface area (Å²) in [5.74, 6) is 0.349. The minimum absolute atomic E-state index is 0.0241. The van der Waals surface area contributed by atoms with E-state index < -0.39 is 5.91 Å². The van der Waals surface area contributed by atoms with Crippen molar-refractivity contribution in [3.05, 3.63) is 23.6 Å². The lowest BCUT2D eigenvalue weighted by Gasteiger charge is -2.09. The molecule has 0 saturated heterocycles. The largest absolute Gasteiger partial charge is 0.475 e. The number of amides is 1. The first-order chi connectivity index (χ1) is 10.5. The minimum Gasteiger partial charge on any atom is -0.475 e. The molecule has 0 saturated carbocycles. The summed E-state index contributed by atoms with van der Waals surface area (Å²) >= 11 is 5.98. The first kappa shape index (κ1) is 16.0. The zero-order valence-electron chi connectivity index (χ0n) is 12.2. The van der Waals surface area contributed by atoms with E-state index in [0.29, 0.717) is 23.8 Å². The van der Waals surface area contributed by atoms with Crippen molar-refractivity contribution in [3.8, 4) is 17.3 Å². The van der Waals surface area contributed by atoms with Gasteiger partial charge in [0, 0.05) is 11.6 Å². The maximum Gasteiger partial charge on any atom is 0.265 e. The molecule has 8 nitrogen and oxygen atoms in total. The van der Waals surface area contributed by atoms with E-state index >= 15 is 0 Å². The van der Waals surface area contributed by atoms with E-state index in [1.54, 1.807) is 12.1 Å². The Morgan fingerprint density at radius 1 is 1.50 bits per heavy atom. The molecule has 0 radical (unpaired) electrons. The monoisotopic (exact) mass is 322 g/mol. The molecular formula is C13H15ClN6O2. The summed E-state index contributed by atoms with van der Waals surface area (Å²) in [6, 6.07) is 3.34. The van der Waals surface area contributed by atoms with Crippen LogP contribution in [0.1, 0.15) is 20.3 Å². The van der Waals surface area contributed by atoms with Crippen molar-refractivity contribution >= 4 is 17.5 Å². The molecule has 1 N–H and O–H groups in total. The highest BCUT2D eigenvalue weighted by Crippen LogP contribution is 2.23. The Morgan fingerprint density at radius 2 is 2.27 bits per heavy atom. The Labute approximate surface area is 132 Å². The molecule has 116 valence electrons. The molecule has 0 atom stereocenters. The Morgan fingerprint density at radius 3 is 2.95 bits per heavy atom. The van der Waals surface area contributed by atoms with Crippen LogP contribution in [0.3, 0.4) is 0 Å². The lowest BCUT2D eigenvalue weighted by molar-refractivity contribution is -0.118. The van der Waals surface area contributed by atoms with Crippen LogP contribution in [0.5, 0.6) is 5.88 Å². The molecule has 0 spiro atoms. The Bertz CT molecular complexity index is 685. The van der Waals surface area contributed by atoms with Crippen LogP contribution in [-0.4, -0.2) is 31.8 Å². The molecule has 0 aliphatic carbocycles. The summed E-state index contributed by atoms with van der Waals surface area (Å²) < 4.78 is 7.03. The Balaban J connectivity index is 2.17. The molecule has 9 heteroatoms. The van der Waals surface area contributed by atoms with E-state index in [2.05, 4.69) is 20.2 Å². The van der Waals surface area contributed by atoms with Crippen molar-refractivity contribution in [2.45, 2.75) is 32.9 Å². The highest BCUT2D eigenvalue weighted by Gasteiger charge is 2.10. The van der Waals surface area contributed by atoms with Gasteiger partial charge in [-0.1, -0.05) is 11.6 Å². The number of hydrogen-bond donors (Lipinski definition) is 1. The minimum atomic E-state index is -0.503. The van der Waals surface area contributed by atoms with Crippen LogP contribution in [0.15, 0.2) is 23.6 Å². The van der Waals surface area contributed by atoms with Gasteiger partial charge in [-0.25, -0.2) is 15.5 Å². The Hall–Kier alpha value is -2.35. The average molecular weight is 323 g/mol. The Kier molecular flexibility index (Phi) is 5.16. The molecule has 2 aromatic rings. The van der Waals surface area contributed by atoms with Crippen molar-refractivity contribution in [2.24, 2.45) is 5.11 Å². The quantitative estimate of drug-likeness (QED) is 0.650. The van der Waals surface area contributed by atoms with Gasteiger partial charge in [-0.15, -0.1) is 5.11 Å². The summed E-state index contributed by atoms with van der Waals surface area (Å²) in [6.07, 6.45) is 1.58. The van der Waals surface area contributed by atoms with Crippen LogP contribution in [0.4, 0.5) is 0 Å². The van der Waals surface area contributed by atoms with Crippen molar-refractivity contribution in [3.63, 3.8) is 0 Å². The molecule has 1 amide bonds. The number of halogens is 1. The molecule has 2 heterocycles. The lowest BCUT2D eigenvalue weighted by atomic mass is 10.2. The summed E-state index contributed by atoms with van der Waals surface area (Å²) in [7, 11) is 0. The number of aryl methyl sites for hydroxylation is 1. The molecule has 22 heavy (non-hydrogen) atoms. The number of nitrogens with one attached hydrogen (secondary N) is 1. The van der Waals surface area contributed by atoms with Gasteiger partial charge in [0.05, 0.1) is 19.1 Å². The fourth-order valence-electron chi connectivity index (χ4n) is 1.70. The van der Waals surface area contributed by atoms with E-state index in [1.807, 2.05) is 13.8 Å². The third-order valence-corrected chi connectivity index (χ3v) is 2.79. The SMILES string of the molecule is CC(C)Oc1cc(-c2ncn(CCC(=O)N=N)n2)cc(Cl)n1. The van der Waals surface area contributed by atoms with Gasteiger partial charge in [-0.05, 0) is 19.9 Å². The zero-order valence-corrected chi connectivity index (χ0v) is 12.9. The number of carbonyl (C=O) groups is 1. The third-order valence-electron chi connectivity index (χ3n) is 2.60. The second-order valence-electron chi connectivity index (χ2n) is 4.77. The summed E-state index contributed by atoms with van der Waals surface area (Å²) in [5, 5.41) is 7.37. The van der Waals surface area contributed by atoms with Gasteiger partial charge in [-0.3, -0.25) is 9.48 Å². The van der Waals surface area contributed by atoms with Gasteiger partial charge >= 0.3 is 0 Å². The van der Waals surface area contributed by atoms with Crippen LogP contribution in [0.25, 0.3) is 11.4 Å². The summed E-state index contributed by atoms with van der Waals surface area (Å²) in [6.45, 7) is 4.09. The van der Waals surface area contributed by atoms with Gasteiger partial charge in [0.1, 0.15) is 11.5 Å². The van der Waals surface area contributed by atoms with Crippen molar-refractivity contribution in [1.29, 1.82) is 5.53 Å². The number of hydrogen-bond acceptors (Lipinski definition) is 6. The van der Waals surface area contributed by atoms with E-state index in [0.717, 1.165) is 0 Å². The fourth-order valence-corrected chi connectivity index (χ4v) is 1.91. The van der Waals surface area contributed by atoms with Crippen LogP contribution in [0.2, 0.25) is 5.15 Å². The van der Waals surface area contributed by atoms with Crippen molar-refractivity contribution < 1.29 is 9.53 Å². The number of carbonyl (C=O) groups excluding carboxylic acids is 1. The van der Waals surface area contributed by atoms with Crippen LogP contribution in [0, 0.1) is 5.53 Å². The number of ether oxygens (including phenoxy) is 1. The molecule has 0 aliphatic rings. The summed E-state index contributed by atoms with van der Waals surface area (Å²) in [4.78, 5) is 19.2. The number of aromatic nitrogens is 4. The lowest BCUT2D eigenvalue weighted by Crippen LogP contribution is -2.07. The highest BCUT2D eigenvalue weighted by molar-refractivity contribution is 6.29. The number of nitrogens with zero attached hydrogens (tertiary/aromatic N) is 5. The first-order valence-corrected chi connectivity index (χ1v) is 7.00. The van der Waals surface area contributed by atoms with E-state index in [9.17, 15) is 4.79 Å². The maximum atomic E-state index is 11.0. The molecule has 0 fully saturated rings. The van der Waals surface area contributed by atoms with Crippen molar-refractivity contribution in [1.82, 2.24) is 19.7 Å². The molecule has 2 rings (SSSR count). The molecule has 2 aromatic heterocycles. The molecule has 0 unspecified atom stereocenters. The smallest absolute Gasteiger partial charge is 0.265 e. The van der Waals surface area contributed by atoms with Crippen LogP contribution < -0.4 is 4.74 Å². The standard InChI is InChI=1S/C13H15ClN6O2/c1-8(2)22-12-6-9(5-10(14)17-12)13-16-7-20(19-13)4-3-11(21)18-15/h5-8,15H,3-4H2,1-2H3. The molecule has 0 aliphatic heterocycles. The molecule has 0 bridgehead atoms.